The van der Waals surface area contributed by atoms with E-state index in [0.29, 0.717) is 10.9 Å². The quantitative estimate of drug-likeness (QED) is 0.287. The maximum atomic E-state index is 11.8. The average Bonchev–Trinajstić information content (AvgIpc) is 2.53. The Labute approximate surface area is 138 Å². The molecule has 0 radical (unpaired) electrons. The molecule has 0 unspecified atom stereocenters. The van der Waals surface area contributed by atoms with Gasteiger partial charge in [0.1, 0.15) is 0 Å². The molecule has 0 aliphatic carbocycles. The molecule has 126 valence electrons. The van der Waals surface area contributed by atoms with E-state index in [4.69, 9.17) is 9.94 Å². The molecule has 0 aromatic heterocycles. The van der Waals surface area contributed by atoms with Crippen molar-refractivity contribution in [2.75, 3.05) is 0 Å². The largest absolute Gasteiger partial charge is 0.458 e. The molecule has 24 heavy (non-hydrogen) atoms. The number of rotatable bonds is 6. The summed E-state index contributed by atoms with van der Waals surface area (Å²) in [6.07, 6.45) is -0.112. The van der Waals surface area contributed by atoms with E-state index in [9.17, 15) is 14.9 Å². The first kappa shape index (κ1) is 17.4. The van der Waals surface area contributed by atoms with Crippen LogP contribution < -0.4 is 0 Å². The van der Waals surface area contributed by atoms with Gasteiger partial charge in [0.15, 0.2) is 5.71 Å². The number of nitrogens with zero attached hydrogens (tertiary/aromatic N) is 2. The van der Waals surface area contributed by atoms with Crippen molar-refractivity contribution in [3.05, 3.63) is 52.1 Å². The number of esters is 1. The monoisotopic (exact) mass is 330 g/mol. The third kappa shape index (κ3) is 3.87. The fraction of sp³-hybridized carbons (Fsp3) is 0.294. The van der Waals surface area contributed by atoms with Crippen molar-refractivity contribution < 1.29 is 19.7 Å². The highest BCUT2D eigenvalue weighted by Crippen LogP contribution is 2.30. The summed E-state index contributed by atoms with van der Waals surface area (Å²) in [5.41, 5.74) is 0.311. The summed E-state index contributed by atoms with van der Waals surface area (Å²) in [4.78, 5) is 22.8. The first-order valence-electron chi connectivity index (χ1n) is 7.51. The number of nitro groups is 1. The molecule has 0 atom stereocenters. The van der Waals surface area contributed by atoms with Crippen molar-refractivity contribution in [2.24, 2.45) is 5.16 Å². The zero-order chi connectivity index (χ0) is 17.7. The Bertz CT molecular complexity index is 799. The highest BCUT2D eigenvalue weighted by Gasteiger charge is 2.21. The number of hydrogen-bond donors (Lipinski definition) is 1. The Morgan fingerprint density at radius 1 is 1.29 bits per heavy atom. The Hall–Kier alpha value is -2.96. The number of oxime groups is 1. The van der Waals surface area contributed by atoms with Crippen LogP contribution in [-0.4, -0.2) is 27.9 Å². The van der Waals surface area contributed by atoms with Crippen LogP contribution in [0.3, 0.4) is 0 Å². The summed E-state index contributed by atoms with van der Waals surface area (Å²) >= 11 is 0. The third-order valence-electron chi connectivity index (χ3n) is 3.50. The van der Waals surface area contributed by atoms with Crippen molar-refractivity contribution in [1.29, 1.82) is 0 Å². The van der Waals surface area contributed by atoms with Gasteiger partial charge in [-0.25, -0.2) is 4.79 Å². The lowest BCUT2D eigenvalue weighted by Gasteiger charge is -2.09. The van der Waals surface area contributed by atoms with E-state index >= 15 is 0 Å². The molecular weight excluding hydrogens is 312 g/mol. The van der Waals surface area contributed by atoms with E-state index in [1.807, 2.05) is 6.07 Å². The summed E-state index contributed by atoms with van der Waals surface area (Å²) in [7, 11) is 0. The van der Waals surface area contributed by atoms with Gasteiger partial charge >= 0.3 is 5.97 Å². The first-order chi connectivity index (χ1) is 11.4. The topological polar surface area (TPSA) is 102 Å². The molecule has 0 heterocycles. The molecule has 0 spiro atoms. The van der Waals surface area contributed by atoms with Crippen LogP contribution in [-0.2, 0) is 16.0 Å². The maximum Gasteiger partial charge on any atom is 0.356 e. The van der Waals surface area contributed by atoms with Gasteiger partial charge in [-0.05, 0) is 31.7 Å². The third-order valence-corrected chi connectivity index (χ3v) is 3.50. The molecule has 1 N–H and O–H groups in total. The Morgan fingerprint density at radius 2 is 2.00 bits per heavy atom. The predicted octanol–water partition coefficient (Wildman–Crippen LogP) is 3.46. The van der Waals surface area contributed by atoms with E-state index in [1.54, 1.807) is 44.2 Å². The molecular formula is C17H18N2O5. The van der Waals surface area contributed by atoms with Gasteiger partial charge in [0.05, 0.1) is 16.4 Å². The Kier molecular flexibility index (Phi) is 5.47. The van der Waals surface area contributed by atoms with Crippen LogP contribution in [0.25, 0.3) is 10.8 Å². The Balaban J connectivity index is 2.28. The Morgan fingerprint density at radius 3 is 2.62 bits per heavy atom. The molecule has 0 aliphatic heterocycles. The maximum absolute atomic E-state index is 11.8. The second kappa shape index (κ2) is 7.54. The number of carbonyl (C=O) groups is 1. The summed E-state index contributed by atoms with van der Waals surface area (Å²) < 4.78 is 4.98. The van der Waals surface area contributed by atoms with Crippen LogP contribution in [0.2, 0.25) is 0 Å². The lowest BCUT2D eigenvalue weighted by molar-refractivity contribution is -0.383. The highest BCUT2D eigenvalue weighted by atomic mass is 16.6. The number of nitro benzene ring substituents is 1. The summed E-state index contributed by atoms with van der Waals surface area (Å²) in [6, 6.07) is 10.5. The van der Waals surface area contributed by atoms with E-state index in [0.717, 1.165) is 5.39 Å². The molecule has 0 bridgehead atoms. The van der Waals surface area contributed by atoms with E-state index in [1.165, 1.54) is 0 Å². The summed E-state index contributed by atoms with van der Waals surface area (Å²) in [5, 5.41) is 24.7. The zero-order valence-electron chi connectivity index (χ0n) is 13.4. The van der Waals surface area contributed by atoms with Crippen molar-refractivity contribution in [3.8, 4) is 0 Å². The molecule has 7 nitrogen and oxygen atoms in total. The van der Waals surface area contributed by atoms with Gasteiger partial charge in [0.25, 0.3) is 5.69 Å². The van der Waals surface area contributed by atoms with Crippen LogP contribution in [0, 0.1) is 10.1 Å². The SMILES string of the molecule is CC(C)OC(=O)/C(CCc1ccc2ccccc2c1[N+](=O)[O-])=N/O. The van der Waals surface area contributed by atoms with Crippen LogP contribution in [0.15, 0.2) is 41.6 Å². The zero-order valence-corrected chi connectivity index (χ0v) is 13.4. The van der Waals surface area contributed by atoms with Gasteiger partial charge in [0.2, 0.25) is 0 Å². The van der Waals surface area contributed by atoms with E-state index in [-0.39, 0.29) is 30.3 Å². The minimum absolute atomic E-state index is 0.00242. The molecule has 2 aromatic rings. The molecule has 2 aromatic carbocycles. The van der Waals surface area contributed by atoms with Gasteiger partial charge in [-0.3, -0.25) is 10.1 Å². The van der Waals surface area contributed by atoms with Gasteiger partial charge in [-0.2, -0.15) is 0 Å². The molecule has 0 saturated carbocycles. The van der Waals surface area contributed by atoms with Crippen LogP contribution in [0.5, 0.6) is 0 Å². The van der Waals surface area contributed by atoms with E-state index in [2.05, 4.69) is 5.16 Å². The van der Waals surface area contributed by atoms with Crippen molar-refractivity contribution >= 4 is 28.1 Å². The number of aryl methyl sites for hydroxylation is 1. The molecule has 2 rings (SSSR count). The second-order valence-corrected chi connectivity index (χ2v) is 5.55. The van der Waals surface area contributed by atoms with Crippen molar-refractivity contribution in [1.82, 2.24) is 0 Å². The van der Waals surface area contributed by atoms with Gasteiger partial charge in [0, 0.05) is 12.0 Å². The predicted molar refractivity (Wildman–Crippen MR) is 89.4 cm³/mol. The number of fused-ring (bicyclic) bond motifs is 1. The normalized spacial score (nSPS) is 11.7. The van der Waals surface area contributed by atoms with Crippen molar-refractivity contribution in [2.45, 2.75) is 32.8 Å². The lowest BCUT2D eigenvalue weighted by atomic mass is 10.00. The number of hydrogen-bond acceptors (Lipinski definition) is 6. The molecule has 0 fully saturated rings. The smallest absolute Gasteiger partial charge is 0.356 e. The molecule has 0 amide bonds. The minimum Gasteiger partial charge on any atom is -0.458 e. The summed E-state index contributed by atoms with van der Waals surface area (Å²) in [5.74, 6) is -0.726. The van der Waals surface area contributed by atoms with Crippen LogP contribution in [0.4, 0.5) is 5.69 Å². The lowest BCUT2D eigenvalue weighted by Crippen LogP contribution is -2.22. The van der Waals surface area contributed by atoms with Gasteiger partial charge in [-0.1, -0.05) is 35.5 Å². The minimum atomic E-state index is -0.726. The number of carbonyl (C=O) groups excluding carboxylic acids is 1. The number of benzene rings is 2. The van der Waals surface area contributed by atoms with Gasteiger partial charge in [-0.15, -0.1) is 0 Å². The standard InChI is InChI=1S/C17H18N2O5/c1-11(2)24-17(20)15(18-21)10-9-13-8-7-12-5-3-4-6-14(12)16(13)19(22)23/h3-8,11,21H,9-10H2,1-2H3/b18-15+. The average molecular weight is 330 g/mol. The first-order valence-corrected chi connectivity index (χ1v) is 7.51. The van der Waals surface area contributed by atoms with Crippen LogP contribution >= 0.6 is 0 Å². The summed E-state index contributed by atoms with van der Waals surface area (Å²) in [6.45, 7) is 3.36. The molecule has 0 saturated heterocycles. The van der Waals surface area contributed by atoms with Gasteiger partial charge < -0.3 is 9.94 Å². The number of ether oxygens (including phenoxy) is 1. The second-order valence-electron chi connectivity index (χ2n) is 5.55. The van der Waals surface area contributed by atoms with E-state index < -0.39 is 10.9 Å². The molecule has 0 aliphatic rings. The molecule has 7 heteroatoms. The highest BCUT2D eigenvalue weighted by molar-refractivity contribution is 6.36. The van der Waals surface area contributed by atoms with Crippen molar-refractivity contribution in [3.63, 3.8) is 0 Å². The fourth-order valence-corrected chi connectivity index (χ4v) is 2.45. The van der Waals surface area contributed by atoms with Crippen LogP contribution in [0.1, 0.15) is 25.8 Å². The fourth-order valence-electron chi connectivity index (χ4n) is 2.45.